The van der Waals surface area contributed by atoms with Crippen LogP contribution in [0.25, 0.3) is 22.6 Å². The fourth-order valence-electron chi connectivity index (χ4n) is 2.68. The number of alkyl halides is 3. The first kappa shape index (κ1) is 14.1. The second kappa shape index (κ2) is 4.74. The summed E-state index contributed by atoms with van der Waals surface area (Å²) in [5.41, 5.74) is 2.61. The zero-order chi connectivity index (χ0) is 16.2. The lowest BCUT2D eigenvalue weighted by Gasteiger charge is -2.11. The molecule has 0 bridgehead atoms. The molecule has 1 N–H and O–H groups in total. The molecule has 5 nitrogen and oxygen atoms in total. The van der Waals surface area contributed by atoms with Crippen LogP contribution in [0.5, 0.6) is 5.75 Å². The molecule has 0 unspecified atom stereocenters. The largest absolute Gasteiger partial charge is 0.573 e. The average Bonchev–Trinajstić information content (AvgIpc) is 3.14. The molecule has 4 rings (SSSR count). The van der Waals surface area contributed by atoms with Gasteiger partial charge in [0, 0.05) is 13.0 Å². The summed E-state index contributed by atoms with van der Waals surface area (Å²) >= 11 is 0. The van der Waals surface area contributed by atoms with E-state index in [0.29, 0.717) is 17.4 Å². The standard InChI is InChI=1S/C15H13F3N4O/c1-22-14-12(11(21-22)8-6-7-8)19-13(20-14)9-4-2-3-5-10(9)23-15(16,17)18/h2-5,8H,6-7H2,1H3,(H,19,20). The average molecular weight is 322 g/mol. The van der Waals surface area contributed by atoms with Crippen LogP contribution in [0.1, 0.15) is 24.5 Å². The van der Waals surface area contributed by atoms with Crippen LogP contribution in [0.2, 0.25) is 0 Å². The molecule has 0 spiro atoms. The molecule has 1 aliphatic rings. The van der Waals surface area contributed by atoms with Gasteiger partial charge in [-0.25, -0.2) is 9.67 Å². The predicted octanol–water partition coefficient (Wildman–Crippen LogP) is 3.74. The van der Waals surface area contributed by atoms with Crippen molar-refractivity contribution in [3.8, 4) is 17.1 Å². The molecule has 2 aromatic heterocycles. The second-order valence-electron chi connectivity index (χ2n) is 5.61. The van der Waals surface area contributed by atoms with Crippen molar-refractivity contribution in [3.05, 3.63) is 30.0 Å². The summed E-state index contributed by atoms with van der Waals surface area (Å²) in [6.45, 7) is 0. The van der Waals surface area contributed by atoms with Crippen molar-refractivity contribution in [3.63, 3.8) is 0 Å². The molecule has 0 saturated heterocycles. The van der Waals surface area contributed by atoms with Gasteiger partial charge in [0.25, 0.3) is 0 Å². The Morgan fingerprint density at radius 3 is 2.70 bits per heavy atom. The zero-order valence-corrected chi connectivity index (χ0v) is 12.2. The van der Waals surface area contributed by atoms with Gasteiger partial charge in [0.2, 0.25) is 0 Å². The molecule has 23 heavy (non-hydrogen) atoms. The van der Waals surface area contributed by atoms with E-state index in [-0.39, 0.29) is 11.3 Å². The van der Waals surface area contributed by atoms with Crippen LogP contribution in [-0.4, -0.2) is 26.1 Å². The Morgan fingerprint density at radius 2 is 2.00 bits per heavy atom. The van der Waals surface area contributed by atoms with Crippen LogP contribution in [0.15, 0.2) is 24.3 Å². The Bertz CT molecular complexity index is 877. The van der Waals surface area contributed by atoms with E-state index in [0.717, 1.165) is 24.1 Å². The number of hydrogen-bond donors (Lipinski definition) is 1. The fourth-order valence-corrected chi connectivity index (χ4v) is 2.68. The Labute approximate surface area is 129 Å². The summed E-state index contributed by atoms with van der Waals surface area (Å²) in [4.78, 5) is 7.51. The van der Waals surface area contributed by atoms with Crippen molar-refractivity contribution in [1.82, 2.24) is 19.7 Å². The number of aromatic nitrogens is 4. The van der Waals surface area contributed by atoms with Crippen LogP contribution >= 0.6 is 0 Å². The molecule has 2 heterocycles. The van der Waals surface area contributed by atoms with Gasteiger partial charge in [-0.05, 0) is 25.0 Å². The number of ether oxygens (including phenoxy) is 1. The number of hydrogen-bond acceptors (Lipinski definition) is 3. The molecular formula is C15H13F3N4O. The van der Waals surface area contributed by atoms with Gasteiger partial charge in [-0.15, -0.1) is 13.2 Å². The van der Waals surface area contributed by atoms with Gasteiger partial charge >= 0.3 is 6.36 Å². The maximum absolute atomic E-state index is 12.6. The summed E-state index contributed by atoms with van der Waals surface area (Å²) in [7, 11) is 1.77. The third kappa shape index (κ3) is 2.54. The van der Waals surface area contributed by atoms with E-state index in [1.807, 2.05) is 0 Å². The smallest absolute Gasteiger partial charge is 0.405 e. The number of aryl methyl sites for hydroxylation is 1. The minimum absolute atomic E-state index is 0.266. The first-order valence-electron chi connectivity index (χ1n) is 7.20. The Kier molecular flexibility index (Phi) is 2.91. The Balaban J connectivity index is 1.82. The third-order valence-corrected chi connectivity index (χ3v) is 3.84. The van der Waals surface area contributed by atoms with Gasteiger partial charge in [0.15, 0.2) is 5.65 Å². The lowest BCUT2D eigenvalue weighted by molar-refractivity contribution is -0.274. The van der Waals surface area contributed by atoms with Gasteiger partial charge in [0.1, 0.15) is 17.1 Å². The number of benzene rings is 1. The van der Waals surface area contributed by atoms with Gasteiger partial charge in [-0.2, -0.15) is 5.10 Å². The summed E-state index contributed by atoms with van der Waals surface area (Å²) < 4.78 is 43.4. The van der Waals surface area contributed by atoms with Crippen molar-refractivity contribution >= 4 is 11.2 Å². The van der Waals surface area contributed by atoms with Crippen molar-refractivity contribution < 1.29 is 17.9 Å². The van der Waals surface area contributed by atoms with Gasteiger partial charge < -0.3 is 9.72 Å². The predicted molar refractivity (Wildman–Crippen MR) is 77.0 cm³/mol. The number of nitrogens with one attached hydrogen (secondary N) is 1. The molecule has 1 aliphatic carbocycles. The second-order valence-corrected chi connectivity index (χ2v) is 5.61. The number of H-pyrrole nitrogens is 1. The molecule has 1 fully saturated rings. The maximum atomic E-state index is 12.6. The highest BCUT2D eigenvalue weighted by Crippen LogP contribution is 2.42. The molecular weight excluding hydrogens is 309 g/mol. The third-order valence-electron chi connectivity index (χ3n) is 3.84. The number of fused-ring (bicyclic) bond motifs is 1. The van der Waals surface area contributed by atoms with E-state index in [4.69, 9.17) is 0 Å². The molecule has 0 amide bonds. The normalized spacial score (nSPS) is 15.3. The van der Waals surface area contributed by atoms with Crippen molar-refractivity contribution in [2.45, 2.75) is 25.1 Å². The minimum atomic E-state index is -4.75. The summed E-state index contributed by atoms with van der Waals surface area (Å²) in [6.07, 6.45) is -2.59. The van der Waals surface area contributed by atoms with Gasteiger partial charge in [0.05, 0.1) is 11.3 Å². The van der Waals surface area contributed by atoms with Crippen molar-refractivity contribution in [2.75, 3.05) is 0 Å². The van der Waals surface area contributed by atoms with Gasteiger partial charge in [-0.1, -0.05) is 12.1 Å². The van der Waals surface area contributed by atoms with Crippen LogP contribution in [0.4, 0.5) is 13.2 Å². The molecule has 3 aromatic rings. The van der Waals surface area contributed by atoms with E-state index in [1.54, 1.807) is 23.9 Å². The Morgan fingerprint density at radius 1 is 1.26 bits per heavy atom. The quantitative estimate of drug-likeness (QED) is 0.799. The topological polar surface area (TPSA) is 55.7 Å². The highest BCUT2D eigenvalue weighted by atomic mass is 19.4. The zero-order valence-electron chi connectivity index (χ0n) is 12.2. The number of imidazole rings is 1. The Hall–Kier alpha value is -2.51. The number of rotatable bonds is 3. The van der Waals surface area contributed by atoms with E-state index < -0.39 is 6.36 Å². The minimum Gasteiger partial charge on any atom is -0.405 e. The first-order chi connectivity index (χ1) is 10.9. The number of aromatic amines is 1. The highest BCUT2D eigenvalue weighted by molar-refractivity contribution is 5.81. The van der Waals surface area contributed by atoms with Crippen LogP contribution in [-0.2, 0) is 7.05 Å². The number of nitrogens with zero attached hydrogens (tertiary/aromatic N) is 3. The molecule has 8 heteroatoms. The fraction of sp³-hybridized carbons (Fsp3) is 0.333. The summed E-state index contributed by atoms with van der Waals surface area (Å²) in [5.74, 6) is 0.475. The van der Waals surface area contributed by atoms with Crippen LogP contribution in [0.3, 0.4) is 0 Å². The number of para-hydroxylation sites is 1. The van der Waals surface area contributed by atoms with E-state index in [1.165, 1.54) is 12.1 Å². The SMILES string of the molecule is Cn1nc(C2CC2)c2[nH]c(-c3ccccc3OC(F)(F)F)nc21. The van der Waals surface area contributed by atoms with Crippen LogP contribution in [0, 0.1) is 0 Å². The van der Waals surface area contributed by atoms with Gasteiger partial charge in [-0.3, -0.25) is 0 Å². The molecule has 1 saturated carbocycles. The molecule has 0 radical (unpaired) electrons. The molecule has 120 valence electrons. The molecule has 0 aliphatic heterocycles. The summed E-state index contributed by atoms with van der Waals surface area (Å²) in [6, 6.07) is 5.95. The van der Waals surface area contributed by atoms with E-state index in [9.17, 15) is 13.2 Å². The maximum Gasteiger partial charge on any atom is 0.573 e. The number of halogens is 3. The van der Waals surface area contributed by atoms with Crippen LogP contribution < -0.4 is 4.74 Å². The lowest BCUT2D eigenvalue weighted by atomic mass is 10.2. The first-order valence-corrected chi connectivity index (χ1v) is 7.20. The molecule has 1 aromatic carbocycles. The molecule has 0 atom stereocenters. The van der Waals surface area contributed by atoms with Crippen molar-refractivity contribution in [1.29, 1.82) is 0 Å². The highest BCUT2D eigenvalue weighted by Gasteiger charge is 2.33. The van der Waals surface area contributed by atoms with Crippen molar-refractivity contribution in [2.24, 2.45) is 7.05 Å². The van der Waals surface area contributed by atoms with E-state index in [2.05, 4.69) is 19.8 Å². The lowest BCUT2D eigenvalue weighted by Crippen LogP contribution is -2.17. The summed E-state index contributed by atoms with van der Waals surface area (Å²) in [5, 5.41) is 4.44. The van der Waals surface area contributed by atoms with E-state index >= 15 is 0 Å². The monoisotopic (exact) mass is 322 g/mol.